The second-order valence-electron chi connectivity index (χ2n) is 5.74. The Morgan fingerprint density at radius 3 is 2.96 bits per heavy atom. The Kier molecular flexibility index (Phi) is 3.99. The first-order valence-corrected chi connectivity index (χ1v) is 8.08. The summed E-state index contributed by atoms with van der Waals surface area (Å²) in [5.74, 6) is 0.374. The maximum absolute atomic E-state index is 12.3. The fourth-order valence-corrected chi connectivity index (χ4v) is 3.39. The number of fused-ring (bicyclic) bond motifs is 1. The summed E-state index contributed by atoms with van der Waals surface area (Å²) in [5.41, 5.74) is 0.0980. The molecule has 0 aliphatic carbocycles. The third-order valence-corrected chi connectivity index (χ3v) is 4.43. The molecule has 0 aromatic carbocycles. The molecule has 3 aromatic rings. The summed E-state index contributed by atoms with van der Waals surface area (Å²) in [4.78, 5) is 32.8. The van der Waals surface area contributed by atoms with E-state index >= 15 is 0 Å². The molecule has 0 spiro atoms. The van der Waals surface area contributed by atoms with E-state index in [0.717, 1.165) is 11.3 Å². The molecule has 0 atom stereocenters. The minimum atomic E-state index is -0.329. The van der Waals surface area contributed by atoms with Gasteiger partial charge in [0.05, 0.1) is 11.1 Å². The Bertz CT molecular complexity index is 921. The predicted octanol–water partition coefficient (Wildman–Crippen LogP) is 2.17. The lowest BCUT2D eigenvalue weighted by Crippen LogP contribution is -2.17. The van der Waals surface area contributed by atoms with Gasteiger partial charge in [-0.15, -0.1) is 11.3 Å². The maximum Gasteiger partial charge on any atom is 0.268 e. The van der Waals surface area contributed by atoms with Crippen LogP contribution in [0.25, 0.3) is 11.0 Å². The third kappa shape index (κ3) is 3.16. The van der Waals surface area contributed by atoms with E-state index in [1.165, 1.54) is 22.2 Å². The summed E-state index contributed by atoms with van der Waals surface area (Å²) in [6, 6.07) is 3.75. The van der Waals surface area contributed by atoms with Crippen LogP contribution in [0.15, 0.2) is 23.1 Å². The zero-order valence-electron chi connectivity index (χ0n) is 13.1. The van der Waals surface area contributed by atoms with Crippen molar-refractivity contribution in [1.29, 1.82) is 0 Å². The van der Waals surface area contributed by atoms with E-state index in [0.29, 0.717) is 21.8 Å². The van der Waals surface area contributed by atoms with Crippen LogP contribution < -0.4 is 10.9 Å². The van der Waals surface area contributed by atoms with E-state index in [2.05, 4.69) is 34.2 Å². The fourth-order valence-electron chi connectivity index (χ4n) is 2.27. The Morgan fingerprint density at radius 1 is 1.43 bits per heavy atom. The van der Waals surface area contributed by atoms with Crippen molar-refractivity contribution in [2.75, 3.05) is 5.32 Å². The van der Waals surface area contributed by atoms with Crippen LogP contribution in [0.3, 0.4) is 0 Å². The number of carbonyl (C=O) groups excluding carboxylic acids is 1. The normalized spacial score (nSPS) is 11.3. The van der Waals surface area contributed by atoms with E-state index in [4.69, 9.17) is 0 Å². The van der Waals surface area contributed by atoms with Gasteiger partial charge in [-0.25, -0.2) is 0 Å². The molecule has 0 saturated heterocycles. The largest absolute Gasteiger partial charge is 0.292 e. The third-order valence-electron chi connectivity index (χ3n) is 3.33. The number of aromatic amines is 1. The highest BCUT2D eigenvalue weighted by molar-refractivity contribution is 7.14. The Hall–Kier alpha value is -2.48. The first-order chi connectivity index (χ1) is 10.9. The van der Waals surface area contributed by atoms with Gasteiger partial charge in [0.15, 0.2) is 5.65 Å². The number of aryl methyl sites for hydroxylation is 1. The first-order valence-electron chi connectivity index (χ1n) is 7.26. The highest BCUT2D eigenvalue weighted by Crippen LogP contribution is 2.20. The van der Waals surface area contributed by atoms with E-state index in [1.807, 2.05) is 6.07 Å². The van der Waals surface area contributed by atoms with Crippen molar-refractivity contribution in [3.05, 3.63) is 38.4 Å². The van der Waals surface area contributed by atoms with E-state index in [-0.39, 0.29) is 17.4 Å². The Labute approximate surface area is 136 Å². The van der Waals surface area contributed by atoms with Gasteiger partial charge >= 0.3 is 0 Å². The zero-order chi connectivity index (χ0) is 16.6. The van der Waals surface area contributed by atoms with Gasteiger partial charge in [0.25, 0.3) is 11.5 Å². The molecule has 3 rings (SSSR count). The van der Waals surface area contributed by atoms with Gasteiger partial charge in [-0.1, -0.05) is 13.8 Å². The van der Waals surface area contributed by atoms with Crippen LogP contribution in [-0.2, 0) is 13.5 Å². The lowest BCUT2D eigenvalue weighted by atomic mass is 10.1. The smallest absolute Gasteiger partial charge is 0.268 e. The molecule has 3 heterocycles. The molecule has 0 aliphatic heterocycles. The average Bonchev–Trinajstić information content (AvgIpc) is 3.06. The number of nitrogens with zero attached hydrogens (tertiary/aromatic N) is 3. The Balaban J connectivity index is 1.84. The molecule has 120 valence electrons. The molecule has 0 unspecified atom stereocenters. The SMILES string of the molecule is CC(C)Cc1ccc(C(=O)Nc2nc3c(cnn3C)c(=O)[nH]2)s1. The molecule has 7 nitrogen and oxygen atoms in total. The van der Waals surface area contributed by atoms with Crippen LogP contribution in [-0.4, -0.2) is 25.7 Å². The van der Waals surface area contributed by atoms with E-state index in [9.17, 15) is 9.59 Å². The Morgan fingerprint density at radius 2 is 2.22 bits per heavy atom. The summed E-state index contributed by atoms with van der Waals surface area (Å²) in [7, 11) is 1.69. The first kappa shape index (κ1) is 15.4. The molecule has 0 bridgehead atoms. The summed E-state index contributed by atoms with van der Waals surface area (Å²) in [6.07, 6.45) is 2.39. The highest BCUT2D eigenvalue weighted by atomic mass is 32.1. The van der Waals surface area contributed by atoms with Crippen LogP contribution in [0.5, 0.6) is 0 Å². The van der Waals surface area contributed by atoms with Gasteiger partial charge in [-0.05, 0) is 24.5 Å². The van der Waals surface area contributed by atoms with Crippen LogP contribution >= 0.6 is 11.3 Å². The van der Waals surface area contributed by atoms with Crippen LogP contribution in [0, 0.1) is 5.92 Å². The molecule has 3 aromatic heterocycles. The molecular weight excluding hydrogens is 314 g/mol. The monoisotopic (exact) mass is 331 g/mol. The summed E-state index contributed by atoms with van der Waals surface area (Å²) in [6.45, 7) is 4.27. The topological polar surface area (TPSA) is 92.7 Å². The second kappa shape index (κ2) is 5.96. The van der Waals surface area contributed by atoms with Crippen molar-refractivity contribution in [2.45, 2.75) is 20.3 Å². The van der Waals surface area contributed by atoms with Crippen molar-refractivity contribution >= 4 is 34.2 Å². The average molecular weight is 331 g/mol. The number of amides is 1. The van der Waals surface area contributed by atoms with E-state index < -0.39 is 0 Å². The number of hydrogen-bond donors (Lipinski definition) is 2. The minimum Gasteiger partial charge on any atom is -0.292 e. The molecule has 1 amide bonds. The van der Waals surface area contributed by atoms with E-state index in [1.54, 1.807) is 13.1 Å². The van der Waals surface area contributed by atoms with Crippen molar-refractivity contribution in [2.24, 2.45) is 13.0 Å². The molecular formula is C15H17N5O2S. The molecule has 0 saturated carbocycles. The number of aromatic nitrogens is 4. The predicted molar refractivity (Wildman–Crippen MR) is 89.9 cm³/mol. The van der Waals surface area contributed by atoms with Gasteiger partial charge in [0.2, 0.25) is 5.95 Å². The lowest BCUT2D eigenvalue weighted by molar-refractivity contribution is 0.102. The summed E-state index contributed by atoms with van der Waals surface area (Å²) >= 11 is 1.45. The molecule has 0 radical (unpaired) electrons. The number of hydrogen-bond acceptors (Lipinski definition) is 5. The summed E-state index contributed by atoms with van der Waals surface area (Å²) in [5, 5.41) is 7.02. The van der Waals surface area contributed by atoms with Gasteiger partial charge in [0, 0.05) is 11.9 Å². The number of anilines is 1. The van der Waals surface area contributed by atoms with Gasteiger partial charge in [-0.3, -0.25) is 24.6 Å². The van der Waals surface area contributed by atoms with Crippen molar-refractivity contribution in [3.8, 4) is 0 Å². The number of thiophene rings is 1. The number of nitrogens with one attached hydrogen (secondary N) is 2. The molecule has 2 N–H and O–H groups in total. The minimum absolute atomic E-state index is 0.120. The molecule has 0 fully saturated rings. The molecule has 23 heavy (non-hydrogen) atoms. The number of carbonyl (C=O) groups is 1. The molecule has 8 heteroatoms. The second-order valence-corrected chi connectivity index (χ2v) is 6.91. The van der Waals surface area contributed by atoms with Gasteiger partial charge in [0.1, 0.15) is 5.39 Å². The maximum atomic E-state index is 12.3. The number of rotatable bonds is 4. The van der Waals surface area contributed by atoms with Crippen LogP contribution in [0.4, 0.5) is 5.95 Å². The van der Waals surface area contributed by atoms with Crippen LogP contribution in [0.1, 0.15) is 28.4 Å². The molecule has 0 aliphatic rings. The lowest BCUT2D eigenvalue weighted by Gasteiger charge is -2.03. The fraction of sp³-hybridized carbons (Fsp3) is 0.333. The quantitative estimate of drug-likeness (QED) is 0.766. The van der Waals surface area contributed by atoms with Crippen molar-refractivity contribution in [3.63, 3.8) is 0 Å². The van der Waals surface area contributed by atoms with Gasteiger partial charge < -0.3 is 0 Å². The number of H-pyrrole nitrogens is 1. The highest BCUT2D eigenvalue weighted by Gasteiger charge is 2.13. The van der Waals surface area contributed by atoms with Gasteiger partial charge in [-0.2, -0.15) is 10.1 Å². The standard InChI is InChI=1S/C15H17N5O2S/c1-8(2)6-9-4-5-11(23-9)14(22)19-15-17-12-10(13(21)18-15)7-16-20(12)3/h4-5,7-8H,6H2,1-3H3,(H2,17,18,19,21,22). The van der Waals surface area contributed by atoms with Crippen LogP contribution in [0.2, 0.25) is 0 Å². The zero-order valence-corrected chi connectivity index (χ0v) is 13.9. The summed E-state index contributed by atoms with van der Waals surface area (Å²) < 4.78 is 1.49. The van der Waals surface area contributed by atoms with Crippen molar-refractivity contribution < 1.29 is 4.79 Å². The van der Waals surface area contributed by atoms with Crippen molar-refractivity contribution in [1.82, 2.24) is 19.7 Å².